The number of carbonyl (C=O) groups excluding carboxylic acids is 2. The second-order valence-electron chi connectivity index (χ2n) is 9.09. The van der Waals surface area contributed by atoms with Crippen molar-refractivity contribution in [2.45, 2.75) is 67.6 Å². The average Bonchev–Trinajstić information content (AvgIpc) is 2.79. The molecule has 6 nitrogen and oxygen atoms in total. The molecule has 0 heterocycles. The van der Waals surface area contributed by atoms with E-state index in [0.29, 0.717) is 11.1 Å². The van der Waals surface area contributed by atoms with Crippen molar-refractivity contribution in [2.75, 3.05) is 0 Å². The van der Waals surface area contributed by atoms with Gasteiger partial charge < -0.3 is 20.4 Å². The van der Waals surface area contributed by atoms with Gasteiger partial charge in [0.15, 0.2) is 11.6 Å². The van der Waals surface area contributed by atoms with Crippen molar-refractivity contribution in [1.29, 1.82) is 0 Å². The van der Waals surface area contributed by atoms with Crippen LogP contribution in [0.5, 0.6) is 0 Å². The Hall–Kier alpha value is -2.51. The SMILES string of the molecule is CC(C)C(=O)/C=C(\O)c1ccccc1.CC(C)C(=O)/C=C(\O)c1ccccc1.CC(C)O.CC(C)O.[Ti]. The van der Waals surface area contributed by atoms with E-state index in [2.05, 4.69) is 0 Å². The molecule has 0 aliphatic rings. The first-order chi connectivity index (χ1) is 16.7. The van der Waals surface area contributed by atoms with E-state index in [0.717, 1.165) is 0 Å². The van der Waals surface area contributed by atoms with E-state index < -0.39 is 0 Å². The third-order valence-electron chi connectivity index (χ3n) is 3.84. The number of rotatable bonds is 6. The normalized spacial score (nSPS) is 10.9. The van der Waals surface area contributed by atoms with E-state index in [-0.39, 0.29) is 68.8 Å². The van der Waals surface area contributed by atoms with Gasteiger partial charge in [-0.2, -0.15) is 0 Å². The molecule has 0 saturated heterocycles. The number of allylic oxidation sites excluding steroid dienone is 2. The van der Waals surface area contributed by atoms with Crippen molar-refractivity contribution in [1.82, 2.24) is 0 Å². The Kier molecular flexibility index (Phi) is 23.9. The van der Waals surface area contributed by atoms with Gasteiger partial charge in [-0.15, -0.1) is 0 Å². The number of aliphatic hydroxyl groups excluding tert-OH is 4. The van der Waals surface area contributed by atoms with Crippen LogP contribution in [0.4, 0.5) is 0 Å². The monoisotopic (exact) mass is 548 g/mol. The number of hydrogen-bond acceptors (Lipinski definition) is 6. The van der Waals surface area contributed by atoms with Gasteiger partial charge in [0.2, 0.25) is 0 Å². The maximum absolute atomic E-state index is 11.3. The summed E-state index contributed by atoms with van der Waals surface area (Å²) in [5.74, 6) is -0.229. The van der Waals surface area contributed by atoms with Crippen molar-refractivity contribution in [3.05, 3.63) is 83.9 Å². The fraction of sp³-hybridized carbons (Fsp3) is 0.400. The maximum Gasteiger partial charge on any atom is 0.161 e. The first-order valence-electron chi connectivity index (χ1n) is 12.0. The van der Waals surface area contributed by atoms with Crippen LogP contribution in [0.1, 0.15) is 66.5 Å². The molecule has 0 bridgehead atoms. The number of ketones is 2. The van der Waals surface area contributed by atoms with Crippen LogP contribution >= 0.6 is 0 Å². The fourth-order valence-corrected chi connectivity index (χ4v) is 1.99. The Morgan fingerprint density at radius 1 is 0.568 bits per heavy atom. The summed E-state index contributed by atoms with van der Waals surface area (Å²) in [5, 5.41) is 35.3. The second kappa shape index (κ2) is 22.7. The molecule has 2 rings (SSSR count). The van der Waals surface area contributed by atoms with E-state index in [1.165, 1.54) is 12.2 Å². The summed E-state index contributed by atoms with van der Waals surface area (Å²) in [7, 11) is 0. The van der Waals surface area contributed by atoms with E-state index in [4.69, 9.17) is 10.2 Å². The summed E-state index contributed by atoms with van der Waals surface area (Å²) < 4.78 is 0. The van der Waals surface area contributed by atoms with Crippen LogP contribution in [0.25, 0.3) is 11.5 Å². The van der Waals surface area contributed by atoms with Crippen LogP contribution in [0.2, 0.25) is 0 Å². The summed E-state index contributed by atoms with van der Waals surface area (Å²) in [5.41, 5.74) is 1.34. The van der Waals surface area contributed by atoms with Gasteiger partial charge in [0, 0.05) is 69.0 Å². The van der Waals surface area contributed by atoms with Gasteiger partial charge in [-0.05, 0) is 27.7 Å². The van der Waals surface area contributed by atoms with Crippen molar-refractivity contribution < 1.29 is 51.7 Å². The maximum atomic E-state index is 11.3. The molecule has 0 unspecified atom stereocenters. The Morgan fingerprint density at radius 2 is 0.784 bits per heavy atom. The number of carbonyl (C=O) groups is 2. The standard InChI is InChI=1S/2C12H14O2.2C3H8O.Ti/c2*1-9(2)11(13)8-12(14)10-6-4-3-5-7-10;2*1-3(2)4;/h2*3-9,14H,1-2H3;2*3-4H,1-2H3;/b2*12-8-;;;. The Bertz CT molecular complexity index is 835. The summed E-state index contributed by atoms with van der Waals surface area (Å²) in [6.45, 7) is 14.1. The molecule has 2 aromatic rings. The minimum atomic E-state index is -0.167. The predicted octanol–water partition coefficient (Wildman–Crippen LogP) is 6.39. The van der Waals surface area contributed by atoms with Crippen LogP contribution in [0.15, 0.2) is 72.8 Å². The molecule has 0 aliphatic carbocycles. The van der Waals surface area contributed by atoms with Crippen LogP contribution < -0.4 is 0 Å². The van der Waals surface area contributed by atoms with Gasteiger partial charge >= 0.3 is 0 Å². The smallest absolute Gasteiger partial charge is 0.161 e. The second-order valence-corrected chi connectivity index (χ2v) is 9.09. The number of benzene rings is 2. The zero-order valence-electron chi connectivity index (χ0n) is 23.3. The quantitative estimate of drug-likeness (QED) is 0.189. The molecule has 0 fully saturated rings. The van der Waals surface area contributed by atoms with Gasteiger partial charge in [0.1, 0.15) is 11.5 Å². The predicted molar refractivity (Wildman–Crippen MR) is 148 cm³/mol. The fourth-order valence-electron chi connectivity index (χ4n) is 1.99. The molecule has 4 N–H and O–H groups in total. The van der Waals surface area contributed by atoms with Crippen LogP contribution in [-0.2, 0) is 31.3 Å². The Labute approximate surface area is 237 Å². The summed E-state index contributed by atoms with van der Waals surface area (Å²) in [4.78, 5) is 22.6. The molecule has 37 heavy (non-hydrogen) atoms. The molecule has 0 aliphatic heterocycles. The first-order valence-corrected chi connectivity index (χ1v) is 12.0. The van der Waals surface area contributed by atoms with E-state index in [1.54, 1.807) is 79.7 Å². The van der Waals surface area contributed by atoms with E-state index in [9.17, 15) is 19.8 Å². The van der Waals surface area contributed by atoms with Gasteiger partial charge in [0.05, 0.1) is 0 Å². The van der Waals surface area contributed by atoms with E-state index in [1.807, 2.05) is 36.4 Å². The molecule has 7 heteroatoms. The molecular formula is C30H44O6Ti. The third-order valence-corrected chi connectivity index (χ3v) is 3.84. The number of aliphatic hydroxyl groups is 4. The molecule has 204 valence electrons. The molecule has 2 aromatic carbocycles. The largest absolute Gasteiger partial charge is 0.507 e. The minimum Gasteiger partial charge on any atom is -0.507 e. The van der Waals surface area contributed by atoms with E-state index >= 15 is 0 Å². The average molecular weight is 549 g/mol. The first kappa shape index (κ1) is 39.0. The summed E-state index contributed by atoms with van der Waals surface area (Å²) in [6.07, 6.45) is 2.22. The minimum absolute atomic E-state index is 0. The van der Waals surface area contributed by atoms with Crippen molar-refractivity contribution in [3.63, 3.8) is 0 Å². The zero-order chi connectivity index (χ0) is 28.3. The number of hydrogen-bond donors (Lipinski definition) is 4. The van der Waals surface area contributed by atoms with Gasteiger partial charge in [-0.1, -0.05) is 88.4 Å². The van der Waals surface area contributed by atoms with Gasteiger partial charge in [-0.3, -0.25) is 9.59 Å². The third kappa shape index (κ3) is 23.6. The van der Waals surface area contributed by atoms with Crippen molar-refractivity contribution in [3.8, 4) is 0 Å². The van der Waals surface area contributed by atoms with Crippen molar-refractivity contribution in [2.24, 2.45) is 11.8 Å². The Balaban J connectivity index is -0.000000476. The van der Waals surface area contributed by atoms with Gasteiger partial charge in [0.25, 0.3) is 0 Å². The topological polar surface area (TPSA) is 115 Å². The molecule has 0 saturated carbocycles. The Morgan fingerprint density at radius 3 is 0.973 bits per heavy atom. The van der Waals surface area contributed by atoms with Crippen LogP contribution in [0.3, 0.4) is 0 Å². The molecular weight excluding hydrogens is 504 g/mol. The van der Waals surface area contributed by atoms with Crippen molar-refractivity contribution >= 4 is 23.1 Å². The summed E-state index contributed by atoms with van der Waals surface area (Å²) >= 11 is 0. The molecule has 0 radical (unpaired) electrons. The summed E-state index contributed by atoms with van der Waals surface area (Å²) in [6, 6.07) is 18.1. The zero-order valence-corrected chi connectivity index (χ0v) is 24.9. The molecule has 0 spiro atoms. The molecule has 0 amide bonds. The molecule has 0 atom stereocenters. The van der Waals surface area contributed by atoms with Gasteiger partial charge in [-0.25, -0.2) is 0 Å². The van der Waals surface area contributed by atoms with Crippen LogP contribution in [0, 0.1) is 11.8 Å². The van der Waals surface area contributed by atoms with Crippen LogP contribution in [-0.4, -0.2) is 44.2 Å². The molecule has 0 aromatic heterocycles.